The molecule has 0 heterocycles. The average molecular weight is 447 g/mol. The lowest BCUT2D eigenvalue weighted by atomic mass is 10.1. The molecule has 2 aromatic rings. The number of nitrogens with two attached hydrogens (primary N) is 1. The van der Waals surface area contributed by atoms with Gasteiger partial charge in [-0.15, -0.1) is 0 Å². The maximum absolute atomic E-state index is 10.7. The molecule has 5 N–H and O–H groups in total. The summed E-state index contributed by atoms with van der Waals surface area (Å²) in [7, 11) is 0. The lowest BCUT2D eigenvalue weighted by molar-refractivity contribution is -0.131. The van der Waals surface area contributed by atoms with Crippen molar-refractivity contribution in [3.8, 4) is 11.5 Å². The van der Waals surface area contributed by atoms with Crippen LogP contribution in [0.15, 0.2) is 48.5 Å². The number of rotatable bonds is 10. The second-order valence-corrected chi connectivity index (χ2v) is 7.21. The predicted molar refractivity (Wildman–Crippen MR) is 119 cm³/mol. The molecule has 0 spiro atoms. The summed E-state index contributed by atoms with van der Waals surface area (Å²) in [6.07, 6.45) is -0.325. The third kappa shape index (κ3) is 11.1. The van der Waals surface area contributed by atoms with E-state index < -0.39 is 18.0 Å². The van der Waals surface area contributed by atoms with Gasteiger partial charge < -0.3 is 30.7 Å². The zero-order valence-electron chi connectivity index (χ0n) is 18.4. The van der Waals surface area contributed by atoms with Gasteiger partial charge in [0.2, 0.25) is 5.91 Å². The van der Waals surface area contributed by atoms with Crippen LogP contribution in [-0.4, -0.2) is 53.4 Å². The van der Waals surface area contributed by atoms with Gasteiger partial charge in [-0.2, -0.15) is 0 Å². The minimum atomic E-state index is -1.11. The molecule has 0 aromatic heterocycles. The molecular weight excluding hydrogens is 416 g/mol. The molecule has 0 bridgehead atoms. The van der Waals surface area contributed by atoms with Crippen LogP contribution in [0.25, 0.3) is 0 Å². The van der Waals surface area contributed by atoms with Crippen LogP contribution in [-0.2, 0) is 16.0 Å². The Bertz CT molecular complexity index is 882. The number of carbonyl (C=O) groups is 3. The Morgan fingerprint density at radius 3 is 2.22 bits per heavy atom. The van der Waals surface area contributed by atoms with E-state index in [0.29, 0.717) is 18.3 Å². The van der Waals surface area contributed by atoms with Crippen molar-refractivity contribution in [1.82, 2.24) is 5.32 Å². The molecule has 0 aliphatic carbocycles. The maximum atomic E-state index is 10.7. The van der Waals surface area contributed by atoms with E-state index in [1.165, 1.54) is 19.1 Å². The molecule has 1 amide bonds. The number of aliphatic hydroxyl groups excluding tert-OH is 1. The van der Waals surface area contributed by atoms with Crippen molar-refractivity contribution < 1.29 is 34.1 Å². The molecular formula is C23H30N2O7. The monoisotopic (exact) mass is 446 g/mol. The highest BCUT2D eigenvalue weighted by Gasteiger charge is 2.11. The minimum absolute atomic E-state index is 0.0160. The first-order valence-corrected chi connectivity index (χ1v) is 10.0. The number of para-hydroxylation sites is 1. The Hall–Kier alpha value is -3.43. The first-order chi connectivity index (χ1) is 15.1. The average Bonchev–Trinajstić information content (AvgIpc) is 2.71. The molecule has 0 fully saturated rings. The lowest BCUT2D eigenvalue weighted by Crippen LogP contribution is -2.35. The molecule has 0 radical (unpaired) electrons. The van der Waals surface area contributed by atoms with Crippen LogP contribution in [0.1, 0.15) is 36.7 Å². The molecule has 2 aromatic carbocycles. The number of amides is 1. The van der Waals surface area contributed by atoms with E-state index in [0.717, 1.165) is 5.56 Å². The second-order valence-electron chi connectivity index (χ2n) is 7.21. The number of ether oxygens (including phenoxy) is 2. The van der Waals surface area contributed by atoms with Gasteiger partial charge in [0.05, 0.1) is 6.42 Å². The summed E-state index contributed by atoms with van der Waals surface area (Å²) in [6.45, 7) is 5.99. The van der Waals surface area contributed by atoms with Crippen LogP contribution < -0.4 is 20.5 Å². The normalized spacial score (nSPS) is 11.2. The van der Waals surface area contributed by atoms with Gasteiger partial charge in [-0.3, -0.25) is 9.59 Å². The molecule has 0 aliphatic rings. The van der Waals surface area contributed by atoms with Gasteiger partial charge in [0.15, 0.2) is 0 Å². The van der Waals surface area contributed by atoms with E-state index in [4.69, 9.17) is 15.6 Å². The summed E-state index contributed by atoms with van der Waals surface area (Å²) in [5, 5.41) is 21.5. The van der Waals surface area contributed by atoms with Crippen LogP contribution in [0, 0.1) is 0 Å². The van der Waals surface area contributed by atoms with Crippen molar-refractivity contribution in [2.24, 2.45) is 5.73 Å². The Balaban J connectivity index is 0.000000343. The van der Waals surface area contributed by atoms with E-state index in [1.54, 1.807) is 36.4 Å². The highest BCUT2D eigenvalue weighted by Crippen LogP contribution is 2.17. The summed E-state index contributed by atoms with van der Waals surface area (Å²) >= 11 is 0. The van der Waals surface area contributed by atoms with Gasteiger partial charge >= 0.3 is 11.9 Å². The van der Waals surface area contributed by atoms with Gasteiger partial charge in [0.25, 0.3) is 0 Å². The molecule has 1 unspecified atom stereocenters. The molecule has 32 heavy (non-hydrogen) atoms. The van der Waals surface area contributed by atoms with E-state index in [-0.39, 0.29) is 30.2 Å². The molecule has 0 saturated carbocycles. The Kier molecular flexibility index (Phi) is 11.5. The van der Waals surface area contributed by atoms with Crippen molar-refractivity contribution >= 4 is 17.8 Å². The fourth-order valence-electron chi connectivity index (χ4n) is 2.41. The zero-order chi connectivity index (χ0) is 24.1. The number of aromatic carboxylic acids is 1. The number of aliphatic hydroxyl groups is 1. The molecule has 0 aliphatic heterocycles. The summed E-state index contributed by atoms with van der Waals surface area (Å²) in [5.74, 6) is -1.27. The highest BCUT2D eigenvalue weighted by atomic mass is 16.5. The van der Waals surface area contributed by atoms with E-state index >= 15 is 0 Å². The van der Waals surface area contributed by atoms with Gasteiger partial charge in [-0.25, -0.2) is 4.79 Å². The third-order valence-corrected chi connectivity index (χ3v) is 3.88. The Morgan fingerprint density at radius 1 is 1.06 bits per heavy atom. The number of benzene rings is 2. The summed E-state index contributed by atoms with van der Waals surface area (Å²) in [4.78, 5) is 31.9. The largest absolute Gasteiger partial charge is 0.491 e. The summed E-state index contributed by atoms with van der Waals surface area (Å²) < 4.78 is 10.1. The predicted octanol–water partition coefficient (Wildman–Crippen LogP) is 1.76. The van der Waals surface area contributed by atoms with Gasteiger partial charge in [0.1, 0.15) is 29.8 Å². The first-order valence-electron chi connectivity index (χ1n) is 10.0. The SMILES string of the molecule is CC(=O)Oc1ccccc1C(=O)O.CC(C)NCC(O)COc1ccc(CC(N)=O)cc1. The van der Waals surface area contributed by atoms with Crippen LogP contribution >= 0.6 is 0 Å². The van der Waals surface area contributed by atoms with Crippen LogP contribution in [0.5, 0.6) is 11.5 Å². The number of hydrogen-bond acceptors (Lipinski definition) is 7. The number of carboxylic acids is 1. The Labute approximate surface area is 187 Å². The fraction of sp³-hybridized carbons (Fsp3) is 0.348. The van der Waals surface area contributed by atoms with Crippen molar-refractivity contribution in [2.45, 2.75) is 39.3 Å². The number of carboxylic acid groups (broad SMARTS) is 1. The number of primary amides is 1. The van der Waals surface area contributed by atoms with Gasteiger partial charge in [-0.05, 0) is 29.8 Å². The zero-order valence-corrected chi connectivity index (χ0v) is 18.4. The fourth-order valence-corrected chi connectivity index (χ4v) is 2.41. The number of nitrogens with one attached hydrogen (secondary N) is 1. The van der Waals surface area contributed by atoms with Gasteiger partial charge in [-0.1, -0.05) is 38.1 Å². The standard InChI is InChI=1S/C14H22N2O3.C9H8O4/c1-10(2)16-8-12(17)9-19-13-5-3-11(4-6-13)7-14(15)18;1-6(10)13-8-5-3-2-4-7(8)9(11)12/h3-6,10,12,16-17H,7-9H2,1-2H3,(H2,15,18);2-5H,1H3,(H,11,12). The van der Waals surface area contributed by atoms with Crippen molar-refractivity contribution in [2.75, 3.05) is 13.2 Å². The lowest BCUT2D eigenvalue weighted by Gasteiger charge is -2.15. The number of carbonyl (C=O) groups excluding carboxylic acids is 2. The summed E-state index contributed by atoms with van der Waals surface area (Å²) in [5.41, 5.74) is 5.94. The molecule has 174 valence electrons. The van der Waals surface area contributed by atoms with Crippen LogP contribution in [0.2, 0.25) is 0 Å². The molecule has 0 saturated heterocycles. The van der Waals surface area contributed by atoms with E-state index in [9.17, 15) is 19.5 Å². The quantitative estimate of drug-likeness (QED) is 0.319. The highest BCUT2D eigenvalue weighted by molar-refractivity contribution is 5.91. The minimum Gasteiger partial charge on any atom is -0.491 e. The van der Waals surface area contributed by atoms with Gasteiger partial charge in [0, 0.05) is 19.5 Å². The third-order valence-electron chi connectivity index (χ3n) is 3.88. The number of esters is 1. The first kappa shape index (κ1) is 26.6. The molecule has 9 heteroatoms. The number of hydrogen-bond donors (Lipinski definition) is 4. The smallest absolute Gasteiger partial charge is 0.339 e. The molecule has 1 atom stereocenters. The Morgan fingerprint density at radius 2 is 1.69 bits per heavy atom. The summed E-state index contributed by atoms with van der Waals surface area (Å²) in [6, 6.07) is 13.4. The van der Waals surface area contributed by atoms with E-state index in [2.05, 4.69) is 10.1 Å². The van der Waals surface area contributed by atoms with E-state index in [1.807, 2.05) is 13.8 Å². The maximum Gasteiger partial charge on any atom is 0.339 e. The van der Waals surface area contributed by atoms with Crippen molar-refractivity contribution in [3.05, 3.63) is 59.7 Å². The van der Waals surface area contributed by atoms with Crippen LogP contribution in [0.4, 0.5) is 0 Å². The van der Waals surface area contributed by atoms with Crippen LogP contribution in [0.3, 0.4) is 0 Å². The second kappa shape index (κ2) is 13.8. The topological polar surface area (TPSA) is 148 Å². The molecule has 2 rings (SSSR count). The van der Waals surface area contributed by atoms with Crippen molar-refractivity contribution in [1.29, 1.82) is 0 Å². The van der Waals surface area contributed by atoms with Crippen molar-refractivity contribution in [3.63, 3.8) is 0 Å². The molecule has 9 nitrogen and oxygen atoms in total.